The van der Waals surface area contributed by atoms with Crippen molar-refractivity contribution in [2.24, 2.45) is 0 Å². The SMILES string of the molecule is CC(=O)OCc1ccc(OC(=O)S)c(F)c1. The molecule has 0 amide bonds. The molecule has 0 N–H and O–H groups in total. The number of esters is 1. The molecule has 0 bridgehead atoms. The summed E-state index contributed by atoms with van der Waals surface area (Å²) >= 11 is 3.35. The zero-order valence-corrected chi connectivity index (χ0v) is 9.29. The minimum Gasteiger partial charge on any atom is -0.461 e. The number of benzene rings is 1. The summed E-state index contributed by atoms with van der Waals surface area (Å²) in [6.45, 7) is 1.23. The molecule has 6 heteroatoms. The minimum absolute atomic E-state index is 0.0264. The highest BCUT2D eigenvalue weighted by Gasteiger charge is 2.08. The Morgan fingerprint density at radius 1 is 1.44 bits per heavy atom. The Hall–Kier alpha value is -1.56. The van der Waals surface area contributed by atoms with Gasteiger partial charge in [0, 0.05) is 6.92 Å². The molecule has 0 spiro atoms. The van der Waals surface area contributed by atoms with Gasteiger partial charge in [0.1, 0.15) is 6.61 Å². The molecule has 0 fully saturated rings. The van der Waals surface area contributed by atoms with Crippen molar-refractivity contribution >= 4 is 23.9 Å². The van der Waals surface area contributed by atoms with Crippen LogP contribution in [0.2, 0.25) is 0 Å². The highest BCUT2D eigenvalue weighted by Crippen LogP contribution is 2.19. The van der Waals surface area contributed by atoms with E-state index in [0.29, 0.717) is 5.56 Å². The molecule has 0 aromatic heterocycles. The number of ether oxygens (including phenoxy) is 2. The minimum atomic E-state index is -0.897. The first-order chi connectivity index (χ1) is 7.49. The average molecular weight is 244 g/mol. The maximum atomic E-state index is 13.3. The van der Waals surface area contributed by atoms with Crippen molar-refractivity contribution in [2.45, 2.75) is 13.5 Å². The van der Waals surface area contributed by atoms with Gasteiger partial charge >= 0.3 is 11.3 Å². The number of carbonyl (C=O) groups is 2. The van der Waals surface area contributed by atoms with Crippen LogP contribution in [0.4, 0.5) is 9.18 Å². The third-order valence-corrected chi connectivity index (χ3v) is 1.73. The Labute approximate surface area is 96.8 Å². The number of halogens is 1. The lowest BCUT2D eigenvalue weighted by atomic mass is 10.2. The number of hydrogen-bond acceptors (Lipinski definition) is 4. The van der Waals surface area contributed by atoms with Gasteiger partial charge < -0.3 is 9.47 Å². The van der Waals surface area contributed by atoms with Crippen LogP contribution >= 0.6 is 12.6 Å². The first kappa shape index (κ1) is 12.5. The van der Waals surface area contributed by atoms with E-state index >= 15 is 0 Å². The van der Waals surface area contributed by atoms with Crippen LogP contribution in [-0.4, -0.2) is 11.3 Å². The second-order valence-corrected chi connectivity index (χ2v) is 3.28. The summed E-state index contributed by atoms with van der Waals surface area (Å²) in [6, 6.07) is 3.87. The molecule has 0 saturated heterocycles. The van der Waals surface area contributed by atoms with Gasteiger partial charge in [0.15, 0.2) is 11.6 Å². The van der Waals surface area contributed by atoms with Gasteiger partial charge in [0.25, 0.3) is 0 Å². The van der Waals surface area contributed by atoms with Gasteiger partial charge in [-0.1, -0.05) is 18.7 Å². The molecule has 1 rings (SSSR count). The Morgan fingerprint density at radius 2 is 2.12 bits per heavy atom. The first-order valence-electron chi connectivity index (χ1n) is 4.31. The highest BCUT2D eigenvalue weighted by molar-refractivity contribution is 7.96. The van der Waals surface area contributed by atoms with E-state index in [9.17, 15) is 14.0 Å². The second-order valence-electron chi connectivity index (χ2n) is 2.91. The summed E-state index contributed by atoms with van der Waals surface area (Å²) in [5.41, 5.74) is 0.465. The van der Waals surface area contributed by atoms with E-state index < -0.39 is 17.1 Å². The topological polar surface area (TPSA) is 52.6 Å². The molecule has 0 atom stereocenters. The zero-order chi connectivity index (χ0) is 12.1. The maximum Gasteiger partial charge on any atom is 0.369 e. The fraction of sp³-hybridized carbons (Fsp3) is 0.200. The van der Waals surface area contributed by atoms with Crippen LogP contribution in [0.5, 0.6) is 5.75 Å². The van der Waals surface area contributed by atoms with E-state index in [1.54, 1.807) is 0 Å². The van der Waals surface area contributed by atoms with Crippen molar-refractivity contribution in [3.05, 3.63) is 29.6 Å². The standard InChI is InChI=1S/C10H9FO4S/c1-6(12)14-5-7-2-3-9(8(11)4-7)15-10(13)16/h2-4H,5H2,1H3,(H,13,16). The van der Waals surface area contributed by atoms with Crippen LogP contribution in [-0.2, 0) is 16.1 Å². The van der Waals surface area contributed by atoms with Crippen LogP contribution in [0.3, 0.4) is 0 Å². The van der Waals surface area contributed by atoms with Gasteiger partial charge in [-0.15, -0.1) is 0 Å². The molecule has 0 aliphatic rings. The summed E-state index contributed by atoms with van der Waals surface area (Å²) in [5, 5.41) is -0.897. The first-order valence-corrected chi connectivity index (χ1v) is 4.76. The summed E-state index contributed by atoms with van der Waals surface area (Å²) in [6.07, 6.45) is 0. The van der Waals surface area contributed by atoms with Gasteiger partial charge in [-0.2, -0.15) is 0 Å². The Morgan fingerprint density at radius 3 is 2.62 bits per heavy atom. The van der Waals surface area contributed by atoms with Crippen molar-refractivity contribution in [3.63, 3.8) is 0 Å². The lowest BCUT2D eigenvalue weighted by Crippen LogP contribution is -2.01. The Kier molecular flexibility index (Phi) is 4.30. The molecule has 16 heavy (non-hydrogen) atoms. The van der Waals surface area contributed by atoms with Crippen molar-refractivity contribution in [1.29, 1.82) is 0 Å². The highest BCUT2D eigenvalue weighted by atomic mass is 32.1. The van der Waals surface area contributed by atoms with Crippen LogP contribution in [0.25, 0.3) is 0 Å². The number of hydrogen-bond donors (Lipinski definition) is 1. The lowest BCUT2D eigenvalue weighted by molar-refractivity contribution is -0.142. The summed E-state index contributed by atoms with van der Waals surface area (Å²) < 4.78 is 22.4. The molecule has 0 heterocycles. The average Bonchev–Trinajstić information content (AvgIpc) is 2.18. The molecule has 86 valence electrons. The third kappa shape index (κ3) is 3.90. The quantitative estimate of drug-likeness (QED) is 0.655. The fourth-order valence-corrected chi connectivity index (χ4v) is 1.09. The Bertz CT molecular complexity index is 419. The van der Waals surface area contributed by atoms with Gasteiger partial charge in [-0.25, -0.2) is 9.18 Å². The van der Waals surface area contributed by atoms with Crippen molar-refractivity contribution < 1.29 is 23.5 Å². The Balaban J connectivity index is 2.74. The van der Waals surface area contributed by atoms with Gasteiger partial charge in [0.2, 0.25) is 0 Å². The predicted octanol–water partition coefficient (Wildman–Crippen LogP) is 2.32. The van der Waals surface area contributed by atoms with Crippen LogP contribution in [0.15, 0.2) is 18.2 Å². The number of carbonyl (C=O) groups excluding carboxylic acids is 2. The van der Waals surface area contributed by atoms with Crippen molar-refractivity contribution in [3.8, 4) is 5.75 Å². The predicted molar refractivity (Wildman–Crippen MR) is 56.9 cm³/mol. The number of thiol groups is 1. The van der Waals surface area contributed by atoms with E-state index in [2.05, 4.69) is 22.1 Å². The molecule has 1 aromatic rings. The van der Waals surface area contributed by atoms with Gasteiger partial charge in [-0.05, 0) is 17.7 Å². The van der Waals surface area contributed by atoms with Gasteiger partial charge in [-0.3, -0.25) is 4.79 Å². The molecule has 0 aliphatic carbocycles. The van der Waals surface area contributed by atoms with E-state index in [1.807, 2.05) is 0 Å². The molecular formula is C10H9FO4S. The van der Waals surface area contributed by atoms with Crippen LogP contribution in [0, 0.1) is 5.82 Å². The molecule has 0 aliphatic heterocycles. The maximum absolute atomic E-state index is 13.3. The summed E-state index contributed by atoms with van der Waals surface area (Å²) in [4.78, 5) is 21.0. The van der Waals surface area contributed by atoms with E-state index in [1.165, 1.54) is 19.1 Å². The molecule has 1 aromatic carbocycles. The smallest absolute Gasteiger partial charge is 0.369 e. The molecule has 0 saturated carbocycles. The van der Waals surface area contributed by atoms with E-state index in [4.69, 9.17) is 0 Å². The third-order valence-electron chi connectivity index (χ3n) is 1.64. The van der Waals surface area contributed by atoms with Crippen LogP contribution in [0.1, 0.15) is 12.5 Å². The second kappa shape index (κ2) is 5.50. The van der Waals surface area contributed by atoms with Gasteiger partial charge in [0.05, 0.1) is 0 Å². The van der Waals surface area contributed by atoms with E-state index in [0.717, 1.165) is 6.07 Å². The normalized spacial score (nSPS) is 9.69. The molecule has 0 radical (unpaired) electrons. The molecule has 4 nitrogen and oxygen atoms in total. The van der Waals surface area contributed by atoms with E-state index in [-0.39, 0.29) is 12.4 Å². The largest absolute Gasteiger partial charge is 0.461 e. The zero-order valence-electron chi connectivity index (χ0n) is 8.40. The summed E-state index contributed by atoms with van der Waals surface area (Å²) in [5.74, 6) is -1.38. The van der Waals surface area contributed by atoms with Crippen molar-refractivity contribution in [2.75, 3.05) is 0 Å². The monoisotopic (exact) mass is 244 g/mol. The molecular weight excluding hydrogens is 235 g/mol. The van der Waals surface area contributed by atoms with Crippen molar-refractivity contribution in [1.82, 2.24) is 0 Å². The molecule has 0 unspecified atom stereocenters. The lowest BCUT2D eigenvalue weighted by Gasteiger charge is -2.05. The summed E-state index contributed by atoms with van der Waals surface area (Å²) in [7, 11) is 0. The van der Waals surface area contributed by atoms with Crippen LogP contribution < -0.4 is 4.74 Å². The number of rotatable bonds is 3. The fourth-order valence-electron chi connectivity index (χ4n) is 0.996.